The average Bonchev–Trinajstić information content (AvgIpc) is 2.44. The van der Waals surface area contributed by atoms with Gasteiger partial charge in [-0.05, 0) is 39.0 Å². The molecule has 0 aromatic heterocycles. The summed E-state index contributed by atoms with van der Waals surface area (Å²) >= 11 is 0. The fourth-order valence-electron chi connectivity index (χ4n) is 2.24. The Kier molecular flexibility index (Phi) is 8.07. The molecule has 20 heavy (non-hydrogen) atoms. The van der Waals surface area contributed by atoms with Gasteiger partial charge in [-0.15, -0.1) is 0 Å². The fourth-order valence-corrected chi connectivity index (χ4v) is 2.24. The summed E-state index contributed by atoms with van der Waals surface area (Å²) in [6, 6.07) is -0.657. The first-order valence-corrected chi connectivity index (χ1v) is 7.77. The molecule has 1 amide bonds. The van der Waals surface area contributed by atoms with Gasteiger partial charge in [-0.3, -0.25) is 0 Å². The van der Waals surface area contributed by atoms with Crippen molar-refractivity contribution in [1.82, 2.24) is 5.32 Å². The highest BCUT2D eigenvalue weighted by molar-refractivity contribution is 5.81. The number of esters is 1. The van der Waals surface area contributed by atoms with Gasteiger partial charge in [-0.25, -0.2) is 9.59 Å². The molecule has 0 unspecified atom stereocenters. The van der Waals surface area contributed by atoms with Crippen LogP contribution in [0.1, 0.15) is 65.2 Å². The summed E-state index contributed by atoms with van der Waals surface area (Å²) in [6.45, 7) is 4.10. The molecule has 5 nitrogen and oxygen atoms in total. The molecule has 0 heterocycles. The van der Waals surface area contributed by atoms with Crippen LogP contribution in [0.25, 0.3) is 0 Å². The maximum Gasteiger partial charge on any atom is 0.407 e. The minimum absolute atomic E-state index is 0.0149. The van der Waals surface area contributed by atoms with Gasteiger partial charge in [-0.1, -0.05) is 26.2 Å². The third kappa shape index (κ3) is 6.78. The first-order chi connectivity index (χ1) is 9.63. The molecule has 1 aliphatic carbocycles. The van der Waals surface area contributed by atoms with Gasteiger partial charge in [-0.2, -0.15) is 0 Å². The van der Waals surface area contributed by atoms with Crippen LogP contribution in [0.4, 0.5) is 4.79 Å². The van der Waals surface area contributed by atoms with Crippen LogP contribution in [0.15, 0.2) is 0 Å². The molecule has 5 heteroatoms. The van der Waals surface area contributed by atoms with E-state index in [1.54, 1.807) is 6.92 Å². The van der Waals surface area contributed by atoms with Gasteiger partial charge in [0.15, 0.2) is 0 Å². The number of rotatable bonds is 7. The Labute approximate surface area is 121 Å². The van der Waals surface area contributed by atoms with Gasteiger partial charge in [0, 0.05) is 0 Å². The lowest BCUT2D eigenvalue weighted by Gasteiger charge is -2.23. The summed E-state index contributed by atoms with van der Waals surface area (Å²) in [5.41, 5.74) is 0. The molecule has 1 saturated carbocycles. The number of nitrogens with one attached hydrogen (secondary N) is 1. The third-order valence-corrected chi connectivity index (χ3v) is 3.50. The van der Waals surface area contributed by atoms with E-state index < -0.39 is 12.1 Å². The van der Waals surface area contributed by atoms with Crippen LogP contribution in [0, 0.1) is 0 Å². The average molecular weight is 285 g/mol. The van der Waals surface area contributed by atoms with E-state index in [2.05, 4.69) is 12.2 Å². The van der Waals surface area contributed by atoms with Crippen LogP contribution in [0.5, 0.6) is 0 Å². The van der Waals surface area contributed by atoms with Gasteiger partial charge in [0.2, 0.25) is 0 Å². The molecule has 0 aromatic carbocycles. The normalized spacial score (nSPS) is 17.3. The lowest BCUT2D eigenvalue weighted by atomic mass is 9.98. The predicted molar refractivity (Wildman–Crippen MR) is 76.4 cm³/mol. The van der Waals surface area contributed by atoms with Crippen molar-refractivity contribution in [1.29, 1.82) is 0 Å². The van der Waals surface area contributed by atoms with Crippen molar-refractivity contribution in [2.45, 2.75) is 77.4 Å². The predicted octanol–water partition coefficient (Wildman–Crippen LogP) is 3.17. The molecule has 1 aliphatic rings. The molecule has 1 atom stereocenters. The van der Waals surface area contributed by atoms with E-state index in [9.17, 15) is 9.59 Å². The second kappa shape index (κ2) is 9.61. The Bertz CT molecular complexity index is 300. The number of unbranched alkanes of at least 4 members (excludes halogenated alkanes) is 2. The third-order valence-electron chi connectivity index (χ3n) is 3.50. The maximum atomic E-state index is 11.8. The second-order valence-corrected chi connectivity index (χ2v) is 5.41. The molecule has 0 spiro atoms. The number of amides is 1. The highest BCUT2D eigenvalue weighted by Crippen LogP contribution is 2.20. The summed E-state index contributed by atoms with van der Waals surface area (Å²) in [7, 11) is 0. The van der Waals surface area contributed by atoms with E-state index in [1.165, 1.54) is 6.42 Å². The van der Waals surface area contributed by atoms with Gasteiger partial charge in [0.25, 0.3) is 0 Å². The molecule has 0 radical (unpaired) electrons. The van der Waals surface area contributed by atoms with Crippen molar-refractivity contribution in [2.24, 2.45) is 0 Å². The Morgan fingerprint density at radius 1 is 1.20 bits per heavy atom. The van der Waals surface area contributed by atoms with Crippen molar-refractivity contribution in [3.63, 3.8) is 0 Å². The first-order valence-electron chi connectivity index (χ1n) is 7.77. The van der Waals surface area contributed by atoms with Crippen LogP contribution in [-0.4, -0.2) is 30.8 Å². The molecule has 1 N–H and O–H groups in total. The molecule has 1 fully saturated rings. The van der Waals surface area contributed by atoms with E-state index in [0.717, 1.165) is 44.9 Å². The van der Waals surface area contributed by atoms with Crippen LogP contribution in [0.3, 0.4) is 0 Å². The van der Waals surface area contributed by atoms with Crippen molar-refractivity contribution in [3.05, 3.63) is 0 Å². The lowest BCUT2D eigenvalue weighted by molar-refractivity contribution is -0.152. The number of carbonyl (C=O) groups excluding carboxylic acids is 2. The van der Waals surface area contributed by atoms with Crippen LogP contribution in [-0.2, 0) is 14.3 Å². The van der Waals surface area contributed by atoms with Gasteiger partial charge in [0.05, 0.1) is 6.61 Å². The maximum absolute atomic E-state index is 11.8. The molecule has 0 aromatic rings. The molecule has 0 bridgehead atoms. The molecular weight excluding hydrogens is 258 g/mol. The lowest BCUT2D eigenvalue weighted by Crippen LogP contribution is -2.41. The smallest absolute Gasteiger partial charge is 0.407 e. The number of carbonyl (C=O) groups is 2. The number of hydrogen-bond donors (Lipinski definition) is 1. The highest BCUT2D eigenvalue weighted by atomic mass is 16.6. The molecule has 0 aliphatic heterocycles. The zero-order valence-electron chi connectivity index (χ0n) is 12.7. The van der Waals surface area contributed by atoms with E-state index in [4.69, 9.17) is 9.47 Å². The van der Waals surface area contributed by atoms with Crippen LogP contribution in [0.2, 0.25) is 0 Å². The van der Waals surface area contributed by atoms with E-state index in [-0.39, 0.29) is 12.1 Å². The summed E-state index contributed by atoms with van der Waals surface area (Å²) < 4.78 is 10.4. The minimum atomic E-state index is -0.657. The zero-order chi connectivity index (χ0) is 14.8. The van der Waals surface area contributed by atoms with Crippen molar-refractivity contribution in [2.75, 3.05) is 6.61 Å². The number of alkyl carbamates (subject to hydrolysis) is 1. The topological polar surface area (TPSA) is 64.6 Å². The van der Waals surface area contributed by atoms with E-state index >= 15 is 0 Å². The summed E-state index contributed by atoms with van der Waals surface area (Å²) in [5.74, 6) is -0.373. The second-order valence-electron chi connectivity index (χ2n) is 5.41. The van der Waals surface area contributed by atoms with Crippen molar-refractivity contribution in [3.8, 4) is 0 Å². The monoisotopic (exact) mass is 285 g/mol. The highest BCUT2D eigenvalue weighted by Gasteiger charge is 2.23. The summed E-state index contributed by atoms with van der Waals surface area (Å²) in [6.07, 6.45) is 7.73. The van der Waals surface area contributed by atoms with Gasteiger partial charge >= 0.3 is 12.1 Å². The largest absolute Gasteiger partial charge is 0.461 e. The number of ether oxygens (including phenoxy) is 2. The Balaban J connectivity index is 2.17. The zero-order valence-corrected chi connectivity index (χ0v) is 12.7. The number of hydrogen-bond acceptors (Lipinski definition) is 4. The van der Waals surface area contributed by atoms with Gasteiger partial charge < -0.3 is 14.8 Å². The van der Waals surface area contributed by atoms with E-state index in [0.29, 0.717) is 6.61 Å². The van der Waals surface area contributed by atoms with Gasteiger partial charge in [0.1, 0.15) is 12.1 Å². The summed E-state index contributed by atoms with van der Waals surface area (Å²) in [4.78, 5) is 23.3. The molecule has 0 saturated heterocycles. The minimum Gasteiger partial charge on any atom is -0.461 e. The Morgan fingerprint density at radius 3 is 2.55 bits per heavy atom. The quantitative estimate of drug-likeness (QED) is 0.576. The Morgan fingerprint density at radius 2 is 1.90 bits per heavy atom. The molecule has 116 valence electrons. The van der Waals surface area contributed by atoms with Crippen LogP contribution >= 0.6 is 0 Å². The fraction of sp³-hybridized carbons (Fsp3) is 0.867. The molecular formula is C15H27NO4. The van der Waals surface area contributed by atoms with Crippen molar-refractivity contribution < 1.29 is 19.1 Å². The first kappa shape index (κ1) is 16.8. The van der Waals surface area contributed by atoms with Crippen molar-refractivity contribution >= 4 is 12.1 Å². The SMILES string of the molecule is CCCCCOC(=O)N[C@@H](C)C(=O)OC1CCCCC1. The molecule has 1 rings (SSSR count). The van der Waals surface area contributed by atoms with E-state index in [1.807, 2.05) is 0 Å². The standard InChI is InChI=1S/C15H27NO4/c1-3-4-8-11-19-15(18)16-12(2)14(17)20-13-9-6-5-7-10-13/h12-13H,3-11H2,1-2H3,(H,16,18)/t12-/m0/s1. The van der Waals surface area contributed by atoms with Crippen LogP contribution < -0.4 is 5.32 Å². The summed E-state index contributed by atoms with van der Waals surface area (Å²) in [5, 5.41) is 2.51. The Hall–Kier alpha value is -1.26.